The molecule has 0 saturated carbocycles. The zero-order chi connectivity index (χ0) is 25.3. The van der Waals surface area contributed by atoms with Gasteiger partial charge in [-0.2, -0.15) is 0 Å². The standard InChI is InChI=1S/C29H39N5O2/c1-22(2)33-16-5-7-25-20-24(8-9-26(25)33)21-32-18-12-29(13-19-32)27(35)34(28(36)31(29)3)17-4-6-23-10-14-30-15-11-23/h8-11,14-15,20,22H,4-7,12-13,16-19,21H2,1-3H3. The van der Waals surface area contributed by atoms with Crippen LogP contribution in [-0.2, 0) is 24.2 Å². The Balaban J connectivity index is 1.19. The van der Waals surface area contributed by atoms with Crippen LogP contribution in [0.4, 0.5) is 10.5 Å². The van der Waals surface area contributed by atoms with Gasteiger partial charge in [0.15, 0.2) is 0 Å². The summed E-state index contributed by atoms with van der Waals surface area (Å²) in [6.07, 6.45) is 8.91. The first-order chi connectivity index (χ1) is 17.4. The molecule has 36 heavy (non-hydrogen) atoms. The number of benzene rings is 1. The number of hydrogen-bond donors (Lipinski definition) is 0. The number of aromatic nitrogens is 1. The van der Waals surface area contributed by atoms with Gasteiger partial charge in [0.1, 0.15) is 5.54 Å². The molecule has 7 heteroatoms. The molecule has 0 bridgehead atoms. The van der Waals surface area contributed by atoms with Crippen LogP contribution in [0.2, 0.25) is 0 Å². The van der Waals surface area contributed by atoms with E-state index in [1.807, 2.05) is 19.2 Å². The number of anilines is 1. The number of likely N-dealkylation sites (N-methyl/N-ethyl adjacent to an activating group) is 1. The van der Waals surface area contributed by atoms with Crippen LogP contribution in [-0.4, -0.2) is 76.4 Å². The highest BCUT2D eigenvalue weighted by atomic mass is 16.2. The van der Waals surface area contributed by atoms with Crippen molar-refractivity contribution in [2.75, 3.05) is 38.1 Å². The molecular weight excluding hydrogens is 450 g/mol. The number of pyridine rings is 1. The van der Waals surface area contributed by atoms with Crippen LogP contribution < -0.4 is 4.90 Å². The Morgan fingerprint density at radius 3 is 2.47 bits per heavy atom. The first-order valence-corrected chi connectivity index (χ1v) is 13.5. The van der Waals surface area contributed by atoms with E-state index in [4.69, 9.17) is 0 Å². The summed E-state index contributed by atoms with van der Waals surface area (Å²) in [6, 6.07) is 11.3. The number of hydrogen-bond acceptors (Lipinski definition) is 5. The predicted molar refractivity (Wildman–Crippen MR) is 142 cm³/mol. The van der Waals surface area contributed by atoms with Gasteiger partial charge in [-0.15, -0.1) is 0 Å². The number of likely N-dealkylation sites (tertiary alicyclic amines) is 1. The largest absolute Gasteiger partial charge is 0.369 e. The van der Waals surface area contributed by atoms with Crippen LogP contribution in [0.1, 0.15) is 56.2 Å². The Bertz CT molecular complexity index is 1090. The third kappa shape index (κ3) is 4.61. The van der Waals surface area contributed by atoms with E-state index in [1.54, 1.807) is 17.3 Å². The number of rotatable bonds is 7. The highest BCUT2D eigenvalue weighted by Crippen LogP contribution is 2.37. The number of fused-ring (bicyclic) bond motifs is 1. The zero-order valence-electron chi connectivity index (χ0n) is 21.9. The summed E-state index contributed by atoms with van der Waals surface area (Å²) in [7, 11) is 1.81. The van der Waals surface area contributed by atoms with Gasteiger partial charge in [0.25, 0.3) is 5.91 Å². The van der Waals surface area contributed by atoms with E-state index in [-0.39, 0.29) is 11.9 Å². The number of nitrogens with zero attached hydrogens (tertiary/aromatic N) is 5. The van der Waals surface area contributed by atoms with Gasteiger partial charge >= 0.3 is 6.03 Å². The van der Waals surface area contributed by atoms with Gasteiger partial charge in [-0.3, -0.25) is 19.6 Å². The molecular formula is C29H39N5O2. The van der Waals surface area contributed by atoms with Crippen molar-refractivity contribution in [2.45, 2.75) is 70.5 Å². The van der Waals surface area contributed by atoms with Gasteiger partial charge in [-0.25, -0.2) is 4.79 Å². The van der Waals surface area contributed by atoms with Crippen LogP contribution in [0.15, 0.2) is 42.7 Å². The van der Waals surface area contributed by atoms with E-state index < -0.39 is 5.54 Å². The molecule has 0 radical (unpaired) electrons. The molecule has 2 saturated heterocycles. The highest BCUT2D eigenvalue weighted by molar-refractivity contribution is 6.07. The summed E-state index contributed by atoms with van der Waals surface area (Å²) in [5.41, 5.74) is 4.69. The molecule has 0 aliphatic carbocycles. The molecule has 0 atom stereocenters. The lowest BCUT2D eigenvalue weighted by Gasteiger charge is -2.41. The summed E-state index contributed by atoms with van der Waals surface area (Å²) >= 11 is 0. The van der Waals surface area contributed by atoms with Crippen molar-refractivity contribution >= 4 is 17.6 Å². The number of carbonyl (C=O) groups excluding carboxylic acids is 2. The summed E-state index contributed by atoms with van der Waals surface area (Å²) in [5, 5.41) is 0. The maximum atomic E-state index is 13.5. The third-order valence-corrected chi connectivity index (χ3v) is 8.41. The normalized spacial score (nSPS) is 20.1. The lowest BCUT2D eigenvalue weighted by Crippen LogP contribution is -2.55. The predicted octanol–water partition coefficient (Wildman–Crippen LogP) is 4.10. The van der Waals surface area contributed by atoms with E-state index >= 15 is 0 Å². The van der Waals surface area contributed by atoms with Crippen molar-refractivity contribution < 1.29 is 9.59 Å². The van der Waals surface area contributed by atoms with Crippen LogP contribution >= 0.6 is 0 Å². The van der Waals surface area contributed by atoms with Gasteiger partial charge in [0, 0.05) is 63.9 Å². The monoisotopic (exact) mass is 489 g/mol. The van der Waals surface area contributed by atoms with Gasteiger partial charge in [0.2, 0.25) is 0 Å². The van der Waals surface area contributed by atoms with E-state index in [0.717, 1.165) is 45.4 Å². The molecule has 5 rings (SSSR count). The molecule has 2 fully saturated rings. The molecule has 3 aliphatic heterocycles. The Hall–Kier alpha value is -2.93. The number of amides is 3. The van der Waals surface area contributed by atoms with E-state index in [1.165, 1.54) is 33.7 Å². The lowest BCUT2D eigenvalue weighted by atomic mass is 9.86. The second-order valence-corrected chi connectivity index (χ2v) is 10.9. The second-order valence-electron chi connectivity index (χ2n) is 10.9. The van der Waals surface area contributed by atoms with Crippen LogP contribution in [0.5, 0.6) is 0 Å². The van der Waals surface area contributed by atoms with Crippen molar-refractivity contribution in [2.24, 2.45) is 0 Å². The van der Waals surface area contributed by atoms with Crippen LogP contribution in [0.25, 0.3) is 0 Å². The molecule has 1 spiro atoms. The molecule has 2 aromatic rings. The highest BCUT2D eigenvalue weighted by Gasteiger charge is 2.56. The Labute approximate surface area is 215 Å². The molecule has 1 aromatic carbocycles. The van der Waals surface area contributed by atoms with Gasteiger partial charge in [-0.1, -0.05) is 12.1 Å². The van der Waals surface area contributed by atoms with E-state index in [0.29, 0.717) is 25.4 Å². The van der Waals surface area contributed by atoms with Gasteiger partial charge in [-0.05, 0) is 87.3 Å². The SMILES string of the molecule is CC(C)N1CCCc2cc(CN3CCC4(CC3)C(=O)N(CCCc3ccncc3)C(=O)N4C)ccc21. The molecule has 3 aliphatic rings. The fraction of sp³-hybridized carbons (Fsp3) is 0.552. The average Bonchev–Trinajstić information content (AvgIpc) is 3.06. The first kappa shape index (κ1) is 24.8. The van der Waals surface area contributed by atoms with Crippen LogP contribution in [0.3, 0.4) is 0 Å². The number of piperidine rings is 1. The van der Waals surface area contributed by atoms with Crippen molar-refractivity contribution in [3.63, 3.8) is 0 Å². The topological polar surface area (TPSA) is 60.0 Å². The van der Waals surface area contributed by atoms with E-state index in [2.05, 4.69) is 46.8 Å². The fourth-order valence-corrected chi connectivity index (χ4v) is 6.24. The zero-order valence-corrected chi connectivity index (χ0v) is 21.9. The smallest absolute Gasteiger partial charge is 0.327 e. The molecule has 1 aromatic heterocycles. The van der Waals surface area contributed by atoms with Crippen LogP contribution in [0, 0.1) is 0 Å². The van der Waals surface area contributed by atoms with Crippen molar-refractivity contribution in [3.05, 3.63) is 59.4 Å². The lowest BCUT2D eigenvalue weighted by molar-refractivity contribution is -0.135. The Kier molecular flexibility index (Phi) is 7.02. The van der Waals surface area contributed by atoms with Crippen molar-refractivity contribution in [3.8, 4) is 0 Å². The number of aryl methyl sites for hydroxylation is 2. The summed E-state index contributed by atoms with van der Waals surface area (Å²) in [6.45, 7) is 8.68. The molecule has 3 amide bonds. The maximum absolute atomic E-state index is 13.5. The number of carbonyl (C=O) groups is 2. The number of imide groups is 1. The first-order valence-electron chi connectivity index (χ1n) is 13.5. The Morgan fingerprint density at radius 2 is 1.75 bits per heavy atom. The van der Waals surface area contributed by atoms with Gasteiger partial charge < -0.3 is 9.80 Å². The molecule has 7 nitrogen and oxygen atoms in total. The van der Waals surface area contributed by atoms with Crippen molar-refractivity contribution in [1.82, 2.24) is 19.7 Å². The molecule has 0 N–H and O–H groups in total. The quantitative estimate of drug-likeness (QED) is 0.548. The summed E-state index contributed by atoms with van der Waals surface area (Å²) in [4.78, 5) is 38.7. The summed E-state index contributed by atoms with van der Waals surface area (Å²) in [5.74, 6) is -0.00747. The minimum absolute atomic E-state index is 0.00747. The minimum atomic E-state index is -0.683. The third-order valence-electron chi connectivity index (χ3n) is 8.41. The van der Waals surface area contributed by atoms with Crippen molar-refractivity contribution in [1.29, 1.82) is 0 Å². The second kappa shape index (κ2) is 10.2. The fourth-order valence-electron chi connectivity index (χ4n) is 6.24. The summed E-state index contributed by atoms with van der Waals surface area (Å²) < 4.78 is 0. The van der Waals surface area contributed by atoms with E-state index in [9.17, 15) is 9.59 Å². The maximum Gasteiger partial charge on any atom is 0.327 e. The molecule has 0 unspecified atom stereocenters. The Morgan fingerprint density at radius 1 is 1.00 bits per heavy atom. The molecule has 4 heterocycles. The molecule has 192 valence electrons. The van der Waals surface area contributed by atoms with Gasteiger partial charge in [0.05, 0.1) is 0 Å². The minimum Gasteiger partial charge on any atom is -0.369 e. The number of urea groups is 1. The average molecular weight is 490 g/mol.